The predicted molar refractivity (Wildman–Crippen MR) is 328 cm³/mol. The first kappa shape index (κ1) is 70.3. The first-order valence-electron chi connectivity index (χ1n) is 29.3. The number of unbranched alkanes of at least 4 members (excludes halogenated alkanes) is 2. The van der Waals surface area contributed by atoms with Gasteiger partial charge in [0.05, 0.1) is 6.04 Å². The van der Waals surface area contributed by atoms with Gasteiger partial charge in [-0.2, -0.15) is 0 Å². The number of hydrogen-bond acceptors (Lipinski definition) is 4. The molecule has 1 saturated heterocycles. The van der Waals surface area contributed by atoms with E-state index in [4.69, 9.17) is 0 Å². The minimum absolute atomic E-state index is 0.0203. The molecular formula is C68H113N3O2. The monoisotopic (exact) mass is 1000 g/mol. The molecule has 3 atom stereocenters. The number of piperidine rings is 1. The molecule has 0 bridgehead atoms. The molecule has 1 amide bonds. The zero-order valence-corrected chi connectivity index (χ0v) is 50.7. The third-order valence-corrected chi connectivity index (χ3v) is 13.7. The van der Waals surface area contributed by atoms with E-state index < -0.39 is 0 Å². The number of carbonyl (C=O) groups excluding carboxylic acids is 1. The third kappa shape index (κ3) is 22.7. The zero-order valence-electron chi connectivity index (χ0n) is 50.7. The summed E-state index contributed by atoms with van der Waals surface area (Å²) in [7, 11) is 1.93. The summed E-state index contributed by atoms with van der Waals surface area (Å²) < 4.78 is 0. The van der Waals surface area contributed by atoms with Gasteiger partial charge in [0.25, 0.3) is 5.91 Å². The van der Waals surface area contributed by atoms with E-state index in [-0.39, 0.29) is 23.3 Å². The molecule has 3 aromatic carbocycles. The second-order valence-electron chi connectivity index (χ2n) is 19.1. The number of phenolic OH excluding ortho intramolecular Hbond substituents is 1. The fourth-order valence-corrected chi connectivity index (χ4v) is 9.27. The normalized spacial score (nSPS) is 16.8. The van der Waals surface area contributed by atoms with Crippen LogP contribution >= 0.6 is 0 Å². The topological polar surface area (TPSA) is 47.0 Å². The molecule has 3 aromatic rings. The van der Waals surface area contributed by atoms with Crippen molar-refractivity contribution < 1.29 is 9.90 Å². The smallest absolute Gasteiger partial charge is 0.255 e. The average molecular weight is 1000 g/mol. The van der Waals surface area contributed by atoms with Crippen molar-refractivity contribution in [3.63, 3.8) is 0 Å². The van der Waals surface area contributed by atoms with E-state index in [1.807, 2.05) is 94.8 Å². The van der Waals surface area contributed by atoms with Crippen LogP contribution < -0.4 is 4.90 Å². The van der Waals surface area contributed by atoms with Crippen LogP contribution in [0.2, 0.25) is 0 Å². The number of aryl methyl sites for hydroxylation is 2. The maximum absolute atomic E-state index is 12.7. The number of hydrogen-bond donors (Lipinski definition) is 1. The van der Waals surface area contributed by atoms with E-state index >= 15 is 0 Å². The van der Waals surface area contributed by atoms with Crippen LogP contribution in [0.1, 0.15) is 238 Å². The Hall–Kier alpha value is -4.77. The number of fused-ring (bicyclic) bond motifs is 2. The Morgan fingerprint density at radius 3 is 1.85 bits per heavy atom. The fourth-order valence-electron chi connectivity index (χ4n) is 9.27. The predicted octanol–water partition coefficient (Wildman–Crippen LogP) is 20.4. The van der Waals surface area contributed by atoms with Gasteiger partial charge in [-0.15, -0.1) is 0 Å². The van der Waals surface area contributed by atoms with Crippen LogP contribution in [-0.4, -0.2) is 47.0 Å². The van der Waals surface area contributed by atoms with Gasteiger partial charge in [0.2, 0.25) is 0 Å². The molecule has 412 valence electrons. The number of carbonyl (C=O) groups is 1. The summed E-state index contributed by atoms with van der Waals surface area (Å²) in [4.78, 5) is 19.1. The zero-order chi connectivity index (χ0) is 55.9. The van der Waals surface area contributed by atoms with E-state index in [1.165, 1.54) is 98.0 Å². The van der Waals surface area contributed by atoms with Crippen LogP contribution in [-0.2, 0) is 13.0 Å². The molecule has 0 saturated carbocycles. The van der Waals surface area contributed by atoms with Crippen LogP contribution in [0.3, 0.4) is 0 Å². The number of nitrogens with zero attached hydrogens (tertiary/aromatic N) is 3. The van der Waals surface area contributed by atoms with Crippen molar-refractivity contribution >= 4 is 11.6 Å². The molecule has 2 aliphatic heterocycles. The molecule has 1 unspecified atom stereocenters. The number of likely N-dealkylation sites (N-methyl/N-ethyl adjacent to an activating group) is 1. The fraction of sp³-hybridized carbons (Fsp3) is 0.574. The molecule has 5 nitrogen and oxygen atoms in total. The third-order valence-electron chi connectivity index (χ3n) is 13.7. The molecule has 0 radical (unpaired) electrons. The van der Waals surface area contributed by atoms with Crippen molar-refractivity contribution in [3.05, 3.63) is 156 Å². The minimum atomic E-state index is 0.0203. The molecule has 3 aliphatic rings. The van der Waals surface area contributed by atoms with Crippen molar-refractivity contribution in [2.24, 2.45) is 11.3 Å². The molecular weight excluding hydrogens is 891 g/mol. The highest BCUT2D eigenvalue weighted by Crippen LogP contribution is 2.54. The lowest BCUT2D eigenvalue weighted by Gasteiger charge is -2.45. The Morgan fingerprint density at radius 1 is 0.781 bits per heavy atom. The first-order chi connectivity index (χ1) is 35.2. The lowest BCUT2D eigenvalue weighted by molar-refractivity contribution is 0.0706. The molecule has 5 heteroatoms. The van der Waals surface area contributed by atoms with Crippen molar-refractivity contribution in [1.82, 2.24) is 9.80 Å². The van der Waals surface area contributed by atoms with Gasteiger partial charge in [0.1, 0.15) is 5.75 Å². The Labute approximate surface area is 453 Å². The quantitative estimate of drug-likeness (QED) is 0.145. The SMILES string of the molecule is C=C/C=C\C=C(/CCC)[C@]1(C)CCc2cc(O)ccc2[C@@H]1c1ccc(N2CCC(CC)CC2)cc1.C=CN(C)C(=C)C(CCC)N1Cc2cc(C)ccc2C1=O.CC.CC.CC.CCC.CCCC.CCCC. The van der Waals surface area contributed by atoms with Gasteiger partial charge in [-0.05, 0) is 116 Å². The molecule has 1 aliphatic carbocycles. The Balaban J connectivity index is 0. The van der Waals surface area contributed by atoms with Gasteiger partial charge in [-0.1, -0.05) is 248 Å². The highest BCUT2D eigenvalue weighted by molar-refractivity contribution is 5.98. The van der Waals surface area contributed by atoms with E-state index in [2.05, 4.69) is 149 Å². The van der Waals surface area contributed by atoms with E-state index in [1.54, 1.807) is 6.20 Å². The van der Waals surface area contributed by atoms with Gasteiger partial charge in [-0.3, -0.25) is 4.79 Å². The van der Waals surface area contributed by atoms with Crippen LogP contribution in [0.15, 0.2) is 122 Å². The summed E-state index contributed by atoms with van der Waals surface area (Å²) in [5.74, 6) is 1.64. The number of amides is 1. The van der Waals surface area contributed by atoms with E-state index in [0.717, 1.165) is 61.3 Å². The summed E-state index contributed by atoms with van der Waals surface area (Å²) in [5, 5.41) is 10.2. The van der Waals surface area contributed by atoms with Gasteiger partial charge in [-0.25, -0.2) is 0 Å². The molecule has 0 spiro atoms. The number of rotatable bonds is 16. The van der Waals surface area contributed by atoms with Crippen molar-refractivity contribution in [1.29, 1.82) is 0 Å². The second-order valence-corrected chi connectivity index (χ2v) is 19.1. The largest absolute Gasteiger partial charge is 0.508 e. The molecule has 1 fully saturated rings. The second kappa shape index (κ2) is 41.6. The number of anilines is 1. The number of phenols is 1. The van der Waals surface area contributed by atoms with Gasteiger partial charge in [0, 0.05) is 49.5 Å². The summed E-state index contributed by atoms with van der Waals surface area (Å²) in [6.07, 6.45) is 26.7. The first-order valence-corrected chi connectivity index (χ1v) is 29.3. The Bertz CT molecular complexity index is 1980. The highest BCUT2D eigenvalue weighted by Gasteiger charge is 2.43. The van der Waals surface area contributed by atoms with Crippen LogP contribution in [0, 0.1) is 18.3 Å². The van der Waals surface area contributed by atoms with Gasteiger partial charge in [0.15, 0.2) is 0 Å². The van der Waals surface area contributed by atoms with Gasteiger partial charge >= 0.3 is 0 Å². The summed E-state index contributed by atoms with van der Waals surface area (Å²) in [6, 6.07) is 21.5. The van der Waals surface area contributed by atoms with Gasteiger partial charge < -0.3 is 19.8 Å². The summed E-state index contributed by atoms with van der Waals surface area (Å²) >= 11 is 0. The molecule has 1 N–H and O–H groups in total. The average Bonchev–Trinajstić information content (AvgIpc) is 3.75. The molecule has 2 heterocycles. The van der Waals surface area contributed by atoms with E-state index in [0.29, 0.717) is 12.3 Å². The standard InChI is InChI=1S/C33H43NO.C18H24N2O.2C4H10.C3H8.3C2H6/c1-5-8-9-11-28(10-6-2)33(4)21-18-27-24-30(35)16-17-31(27)32(33)26-12-14-29(15-13-26)34-22-19-25(7-3)20-23-34;1-6-8-17(14(4)19(5)7-2)20-12-15-11-13(3)9-10-16(15)18(20)21;2*1-3-4-2;1-3-2;3*1-2/h5,8-9,11-17,24-25,32,35H,1,6-7,10,18-23H2,2-4H3;7,9-11,17H,2,4,6,8,12H2,1,3,5H3;2*3-4H2,1-2H3;3H2,1-2H3;3*1-2H3/b9-8-,28-11+;;;;;;;/t32-,33-;;;;;;;/m0......./s1. The lowest BCUT2D eigenvalue weighted by Crippen LogP contribution is -2.40. The molecule has 6 rings (SSSR count). The van der Waals surface area contributed by atoms with Crippen molar-refractivity contribution in [3.8, 4) is 5.75 Å². The maximum Gasteiger partial charge on any atom is 0.255 e. The van der Waals surface area contributed by atoms with Crippen LogP contribution in [0.5, 0.6) is 5.75 Å². The lowest BCUT2D eigenvalue weighted by atomic mass is 9.58. The van der Waals surface area contributed by atoms with Crippen molar-refractivity contribution in [2.75, 3.05) is 25.0 Å². The van der Waals surface area contributed by atoms with Crippen LogP contribution in [0.4, 0.5) is 5.69 Å². The summed E-state index contributed by atoms with van der Waals surface area (Å²) in [6.45, 7) is 51.0. The summed E-state index contributed by atoms with van der Waals surface area (Å²) in [5.41, 5.74) is 11.0. The number of allylic oxidation sites excluding steroid dienone is 5. The minimum Gasteiger partial charge on any atom is -0.508 e. The number of benzene rings is 3. The number of aromatic hydroxyl groups is 1. The van der Waals surface area contributed by atoms with E-state index in [9.17, 15) is 9.90 Å². The molecule has 73 heavy (non-hydrogen) atoms. The maximum atomic E-state index is 12.7. The van der Waals surface area contributed by atoms with Crippen molar-refractivity contribution in [2.45, 2.75) is 226 Å². The highest BCUT2D eigenvalue weighted by atomic mass is 16.3. The Kier molecular flexibility index (Phi) is 40.0. The molecule has 0 aromatic heterocycles. The Morgan fingerprint density at radius 2 is 1.36 bits per heavy atom. The van der Waals surface area contributed by atoms with Crippen LogP contribution in [0.25, 0.3) is 0 Å².